The van der Waals surface area contributed by atoms with Crippen LogP contribution >= 0.6 is 38.9 Å². The molecule has 1 heterocycles. The molecule has 0 fully saturated rings. The first-order chi connectivity index (χ1) is 9.99. The molecule has 1 unspecified atom stereocenters. The Hall–Kier alpha value is -0.880. The molecule has 2 aromatic rings. The molecule has 112 valence electrons. The van der Waals surface area contributed by atoms with Gasteiger partial charge in [0.1, 0.15) is 0 Å². The van der Waals surface area contributed by atoms with Gasteiger partial charge in [-0.3, -0.25) is 4.79 Å². The van der Waals surface area contributed by atoms with Crippen LogP contribution in [0, 0.1) is 0 Å². The Morgan fingerprint density at radius 3 is 2.81 bits per heavy atom. The maximum Gasteiger partial charge on any atom is 0.252 e. The number of thiophene rings is 1. The highest BCUT2D eigenvalue weighted by Crippen LogP contribution is 2.24. The van der Waals surface area contributed by atoms with Crippen molar-refractivity contribution in [1.29, 1.82) is 0 Å². The van der Waals surface area contributed by atoms with Gasteiger partial charge in [0.15, 0.2) is 0 Å². The number of carbonyl (C=O) groups is 1. The van der Waals surface area contributed by atoms with E-state index < -0.39 is 0 Å². The Bertz CT molecular complexity index is 616. The molecule has 0 radical (unpaired) electrons. The van der Waals surface area contributed by atoms with Crippen molar-refractivity contribution in [3.8, 4) is 0 Å². The van der Waals surface area contributed by atoms with E-state index in [1.165, 1.54) is 4.88 Å². The predicted molar refractivity (Wildman–Crippen MR) is 92.2 cm³/mol. The van der Waals surface area contributed by atoms with Crippen molar-refractivity contribution in [2.75, 3.05) is 20.6 Å². The second-order valence-electron chi connectivity index (χ2n) is 4.83. The summed E-state index contributed by atoms with van der Waals surface area (Å²) in [5, 5.41) is 5.56. The van der Waals surface area contributed by atoms with Crippen molar-refractivity contribution < 1.29 is 4.79 Å². The van der Waals surface area contributed by atoms with Crippen LogP contribution in [-0.4, -0.2) is 31.4 Å². The van der Waals surface area contributed by atoms with E-state index in [0.29, 0.717) is 17.1 Å². The molecule has 0 bridgehead atoms. The molecule has 0 aliphatic heterocycles. The average molecular weight is 388 g/mol. The number of hydrogen-bond acceptors (Lipinski definition) is 3. The molecule has 6 heteroatoms. The Labute approximate surface area is 142 Å². The molecule has 0 saturated carbocycles. The van der Waals surface area contributed by atoms with Gasteiger partial charge in [0.25, 0.3) is 5.91 Å². The lowest BCUT2D eigenvalue weighted by Gasteiger charge is -2.23. The number of halogens is 2. The van der Waals surface area contributed by atoms with E-state index in [0.717, 1.165) is 4.47 Å². The van der Waals surface area contributed by atoms with Gasteiger partial charge >= 0.3 is 0 Å². The van der Waals surface area contributed by atoms with Crippen LogP contribution in [0.15, 0.2) is 40.2 Å². The largest absolute Gasteiger partial charge is 0.350 e. The van der Waals surface area contributed by atoms with Crippen molar-refractivity contribution in [3.05, 3.63) is 55.6 Å². The first kappa shape index (κ1) is 16.5. The summed E-state index contributed by atoms with van der Waals surface area (Å²) >= 11 is 11.0. The van der Waals surface area contributed by atoms with Crippen molar-refractivity contribution in [2.24, 2.45) is 0 Å². The normalized spacial score (nSPS) is 12.4. The molecule has 1 aromatic carbocycles. The summed E-state index contributed by atoms with van der Waals surface area (Å²) in [5.41, 5.74) is 0.547. The summed E-state index contributed by atoms with van der Waals surface area (Å²) in [6, 6.07) is 9.45. The first-order valence-electron chi connectivity index (χ1n) is 6.42. The molecule has 1 aromatic heterocycles. The Morgan fingerprint density at radius 2 is 2.19 bits per heavy atom. The van der Waals surface area contributed by atoms with Crippen LogP contribution in [0.4, 0.5) is 0 Å². The first-order valence-corrected chi connectivity index (χ1v) is 8.47. The second kappa shape index (κ2) is 7.40. The van der Waals surface area contributed by atoms with Gasteiger partial charge in [-0.25, -0.2) is 0 Å². The molecule has 3 nitrogen and oxygen atoms in total. The molecule has 1 amide bonds. The molecule has 0 saturated heterocycles. The fourth-order valence-corrected chi connectivity index (χ4v) is 3.50. The summed E-state index contributed by atoms with van der Waals surface area (Å²) in [5.74, 6) is -0.132. The zero-order valence-electron chi connectivity index (χ0n) is 11.8. The second-order valence-corrected chi connectivity index (χ2v) is 7.10. The molecular weight excluding hydrogens is 372 g/mol. The number of hydrogen-bond donors (Lipinski definition) is 1. The van der Waals surface area contributed by atoms with Crippen LogP contribution in [0.25, 0.3) is 0 Å². The van der Waals surface area contributed by atoms with Gasteiger partial charge in [-0.1, -0.05) is 17.7 Å². The third-order valence-electron chi connectivity index (χ3n) is 3.12. The molecule has 0 aliphatic carbocycles. The van der Waals surface area contributed by atoms with E-state index in [2.05, 4.69) is 32.2 Å². The van der Waals surface area contributed by atoms with Crippen molar-refractivity contribution in [1.82, 2.24) is 10.2 Å². The summed E-state index contributed by atoms with van der Waals surface area (Å²) in [6.45, 7) is 0.547. The van der Waals surface area contributed by atoms with Gasteiger partial charge in [-0.05, 0) is 59.7 Å². The monoisotopic (exact) mass is 386 g/mol. The standard InChI is InChI=1S/C15H16BrClN2OS/c1-19(2)13(14-4-3-7-21-14)9-18-15(20)11-8-10(17)5-6-12(11)16/h3-8,13H,9H2,1-2H3,(H,18,20). The number of amides is 1. The molecule has 1 N–H and O–H groups in total. The fourth-order valence-electron chi connectivity index (χ4n) is 1.97. The Balaban J connectivity index is 2.07. The zero-order valence-corrected chi connectivity index (χ0v) is 14.9. The van der Waals surface area contributed by atoms with Crippen LogP contribution in [0.1, 0.15) is 21.3 Å². The summed E-state index contributed by atoms with van der Waals surface area (Å²) in [7, 11) is 4.01. The van der Waals surface area contributed by atoms with Gasteiger partial charge in [0, 0.05) is 20.9 Å². The predicted octanol–water partition coefficient (Wildman–Crippen LogP) is 4.20. The van der Waals surface area contributed by atoms with E-state index in [9.17, 15) is 4.79 Å². The van der Waals surface area contributed by atoms with Gasteiger partial charge in [-0.2, -0.15) is 0 Å². The average Bonchev–Trinajstić information content (AvgIpc) is 2.95. The highest BCUT2D eigenvalue weighted by molar-refractivity contribution is 9.10. The minimum absolute atomic E-state index is 0.132. The third-order valence-corrected chi connectivity index (χ3v) is 5.02. The minimum Gasteiger partial charge on any atom is -0.350 e. The van der Waals surface area contributed by atoms with Crippen molar-refractivity contribution >= 4 is 44.8 Å². The van der Waals surface area contributed by atoms with Gasteiger partial charge in [-0.15, -0.1) is 11.3 Å². The summed E-state index contributed by atoms with van der Waals surface area (Å²) < 4.78 is 0.738. The summed E-state index contributed by atoms with van der Waals surface area (Å²) in [6.07, 6.45) is 0. The lowest BCUT2D eigenvalue weighted by atomic mass is 10.2. The van der Waals surface area contributed by atoms with Gasteiger partial charge in [0.05, 0.1) is 11.6 Å². The highest BCUT2D eigenvalue weighted by atomic mass is 79.9. The van der Waals surface area contributed by atoms with Crippen molar-refractivity contribution in [3.63, 3.8) is 0 Å². The molecule has 21 heavy (non-hydrogen) atoms. The number of carbonyl (C=O) groups excluding carboxylic acids is 1. The smallest absolute Gasteiger partial charge is 0.252 e. The Morgan fingerprint density at radius 1 is 1.43 bits per heavy atom. The lowest BCUT2D eigenvalue weighted by molar-refractivity contribution is 0.0941. The van der Waals surface area contributed by atoms with Crippen LogP contribution in [0.2, 0.25) is 5.02 Å². The van der Waals surface area contributed by atoms with E-state index in [1.807, 2.05) is 25.5 Å². The van der Waals surface area contributed by atoms with Crippen LogP contribution in [-0.2, 0) is 0 Å². The molecule has 2 rings (SSSR count). The molecule has 1 atom stereocenters. The maximum atomic E-state index is 12.3. The van der Waals surface area contributed by atoms with Gasteiger partial charge < -0.3 is 10.2 Å². The third kappa shape index (κ3) is 4.30. The quantitative estimate of drug-likeness (QED) is 0.834. The van der Waals surface area contributed by atoms with Crippen LogP contribution < -0.4 is 5.32 Å². The van der Waals surface area contributed by atoms with E-state index >= 15 is 0 Å². The summed E-state index contributed by atoms with van der Waals surface area (Å²) in [4.78, 5) is 15.6. The minimum atomic E-state index is -0.132. The Kier molecular flexibility index (Phi) is 5.81. The molecular formula is C15H16BrClN2OS. The number of nitrogens with zero attached hydrogens (tertiary/aromatic N) is 1. The lowest BCUT2D eigenvalue weighted by Crippen LogP contribution is -2.34. The number of likely N-dealkylation sites (N-methyl/N-ethyl adjacent to an activating group) is 1. The van der Waals surface area contributed by atoms with E-state index in [1.54, 1.807) is 29.5 Å². The highest BCUT2D eigenvalue weighted by Gasteiger charge is 2.17. The molecule has 0 aliphatic rings. The SMILES string of the molecule is CN(C)C(CNC(=O)c1cc(Cl)ccc1Br)c1cccs1. The number of benzene rings is 1. The number of nitrogens with one attached hydrogen (secondary N) is 1. The maximum absolute atomic E-state index is 12.3. The topological polar surface area (TPSA) is 32.3 Å². The van der Waals surface area contributed by atoms with E-state index in [4.69, 9.17) is 11.6 Å². The molecule has 0 spiro atoms. The van der Waals surface area contributed by atoms with Gasteiger partial charge in [0.2, 0.25) is 0 Å². The van der Waals surface area contributed by atoms with Crippen molar-refractivity contribution in [2.45, 2.75) is 6.04 Å². The number of rotatable bonds is 5. The zero-order chi connectivity index (χ0) is 15.4. The van der Waals surface area contributed by atoms with E-state index in [-0.39, 0.29) is 11.9 Å². The van der Waals surface area contributed by atoms with Crippen LogP contribution in [0.3, 0.4) is 0 Å². The fraction of sp³-hybridized carbons (Fsp3) is 0.267. The van der Waals surface area contributed by atoms with Crippen LogP contribution in [0.5, 0.6) is 0 Å².